The van der Waals surface area contributed by atoms with Crippen LogP contribution >= 0.6 is 22.6 Å². The van der Waals surface area contributed by atoms with Crippen molar-refractivity contribution in [1.29, 1.82) is 0 Å². The summed E-state index contributed by atoms with van der Waals surface area (Å²) in [5, 5.41) is 4.57. The molecular formula is C22H20IN3O2. The number of nitrogens with zero attached hydrogens (tertiary/aromatic N) is 3. The second-order valence-corrected chi connectivity index (χ2v) is 8.13. The maximum atomic E-state index is 13.4. The number of aryl methyl sites for hydroxylation is 1. The molecule has 1 amide bonds. The summed E-state index contributed by atoms with van der Waals surface area (Å²) in [6.45, 7) is 4.37. The normalized spacial score (nSPS) is 13.5. The smallest absolute Gasteiger partial charge is 0.277 e. The van der Waals surface area contributed by atoms with Crippen molar-refractivity contribution < 1.29 is 9.59 Å². The molecule has 0 aliphatic carbocycles. The van der Waals surface area contributed by atoms with E-state index in [1.54, 1.807) is 9.58 Å². The summed E-state index contributed by atoms with van der Waals surface area (Å²) < 4.78 is 2.76. The molecule has 28 heavy (non-hydrogen) atoms. The van der Waals surface area contributed by atoms with Gasteiger partial charge in [-0.1, -0.05) is 24.6 Å². The highest BCUT2D eigenvalue weighted by Crippen LogP contribution is 2.29. The molecule has 3 aromatic rings. The molecule has 2 heterocycles. The number of carbonyl (C=O) groups excluding carboxylic acids is 2. The predicted molar refractivity (Wildman–Crippen MR) is 117 cm³/mol. The molecule has 0 spiro atoms. The van der Waals surface area contributed by atoms with Crippen molar-refractivity contribution in [3.05, 3.63) is 74.6 Å². The Morgan fingerprint density at radius 3 is 2.36 bits per heavy atom. The van der Waals surface area contributed by atoms with Crippen LogP contribution in [-0.2, 0) is 6.42 Å². The number of ketones is 1. The third kappa shape index (κ3) is 3.26. The van der Waals surface area contributed by atoms with Gasteiger partial charge in [0.2, 0.25) is 0 Å². The van der Waals surface area contributed by atoms with Gasteiger partial charge >= 0.3 is 0 Å². The molecule has 5 nitrogen and oxygen atoms in total. The Hall–Kier alpha value is -2.48. The van der Waals surface area contributed by atoms with Crippen LogP contribution in [0.15, 0.2) is 48.5 Å². The highest BCUT2D eigenvalue weighted by atomic mass is 127. The highest BCUT2D eigenvalue weighted by molar-refractivity contribution is 14.1. The summed E-state index contributed by atoms with van der Waals surface area (Å²) in [6.07, 6.45) is 0.979. The second-order valence-electron chi connectivity index (χ2n) is 6.88. The summed E-state index contributed by atoms with van der Waals surface area (Å²) >= 11 is 2.25. The van der Waals surface area contributed by atoms with Gasteiger partial charge in [0.15, 0.2) is 5.78 Å². The van der Waals surface area contributed by atoms with Crippen LogP contribution in [0.5, 0.6) is 0 Å². The van der Waals surface area contributed by atoms with Crippen LogP contribution in [0.1, 0.15) is 45.4 Å². The number of aromatic nitrogens is 2. The molecule has 0 saturated carbocycles. The van der Waals surface area contributed by atoms with Gasteiger partial charge in [-0.2, -0.15) is 5.10 Å². The van der Waals surface area contributed by atoms with Crippen LogP contribution < -0.4 is 4.90 Å². The lowest BCUT2D eigenvalue weighted by atomic mass is 10.00. The Labute approximate surface area is 177 Å². The zero-order chi connectivity index (χ0) is 19.8. The molecular weight excluding hydrogens is 465 g/mol. The summed E-state index contributed by atoms with van der Waals surface area (Å²) in [7, 11) is 0. The van der Waals surface area contributed by atoms with Crippen molar-refractivity contribution in [2.24, 2.45) is 0 Å². The van der Waals surface area contributed by atoms with Crippen LogP contribution in [0.3, 0.4) is 0 Å². The Morgan fingerprint density at radius 1 is 1.07 bits per heavy atom. The van der Waals surface area contributed by atoms with Crippen LogP contribution in [0, 0.1) is 10.5 Å². The minimum Gasteiger partial charge on any atom is -0.307 e. The standard InChI is InChI=1S/C22H20IN3O2/c1-3-19(27)20-18-12-13-25(16-10-6-15(23)7-11-16)22(28)21(18)26(24-20)17-8-4-14(2)5-9-17/h4-11H,3,12-13H2,1-2H3. The SMILES string of the molecule is CCC(=O)c1nn(-c2ccc(C)cc2)c2c1CCN(c1ccc(I)cc1)C2=O. The Morgan fingerprint density at radius 2 is 1.71 bits per heavy atom. The number of amides is 1. The Kier molecular flexibility index (Phi) is 5.05. The minimum atomic E-state index is -0.120. The molecule has 0 radical (unpaired) electrons. The lowest BCUT2D eigenvalue weighted by molar-refractivity contribution is 0.0972. The van der Waals surface area contributed by atoms with E-state index in [4.69, 9.17) is 0 Å². The third-order valence-corrected chi connectivity index (χ3v) is 5.74. The maximum absolute atomic E-state index is 13.4. The van der Waals surface area contributed by atoms with E-state index in [9.17, 15) is 9.59 Å². The number of anilines is 1. The number of Topliss-reactive ketones (excluding diaryl/α,β-unsaturated/α-hetero) is 1. The van der Waals surface area contributed by atoms with Crippen molar-refractivity contribution in [1.82, 2.24) is 9.78 Å². The average molecular weight is 485 g/mol. The van der Waals surface area contributed by atoms with E-state index in [0.29, 0.717) is 30.8 Å². The first-order chi connectivity index (χ1) is 13.5. The zero-order valence-electron chi connectivity index (χ0n) is 15.8. The van der Waals surface area contributed by atoms with Crippen molar-refractivity contribution in [2.45, 2.75) is 26.7 Å². The minimum absolute atomic E-state index is 0.0300. The first kappa shape index (κ1) is 18.9. The molecule has 0 atom stereocenters. The summed E-state index contributed by atoms with van der Waals surface area (Å²) in [5.41, 5.74) is 4.45. The second kappa shape index (κ2) is 7.50. The molecule has 1 aliphatic heterocycles. The Balaban J connectivity index is 1.85. The first-order valence-electron chi connectivity index (χ1n) is 9.29. The molecule has 0 saturated heterocycles. The zero-order valence-corrected chi connectivity index (χ0v) is 17.9. The molecule has 4 rings (SSSR count). The van der Waals surface area contributed by atoms with E-state index in [0.717, 1.165) is 26.1 Å². The molecule has 0 bridgehead atoms. The van der Waals surface area contributed by atoms with Gasteiger partial charge in [0.25, 0.3) is 5.91 Å². The van der Waals surface area contributed by atoms with Crippen LogP contribution in [0.4, 0.5) is 5.69 Å². The lowest BCUT2D eigenvalue weighted by Crippen LogP contribution is -2.39. The van der Waals surface area contributed by atoms with Crippen LogP contribution in [-0.4, -0.2) is 28.0 Å². The summed E-state index contributed by atoms with van der Waals surface area (Å²) in [6, 6.07) is 15.7. The highest BCUT2D eigenvalue weighted by Gasteiger charge is 2.34. The number of hydrogen-bond donors (Lipinski definition) is 0. The molecule has 0 N–H and O–H groups in total. The maximum Gasteiger partial charge on any atom is 0.277 e. The average Bonchev–Trinajstić information content (AvgIpc) is 3.10. The van der Waals surface area contributed by atoms with E-state index < -0.39 is 0 Å². The molecule has 142 valence electrons. The molecule has 0 fully saturated rings. The van der Waals surface area contributed by atoms with Gasteiger partial charge < -0.3 is 4.90 Å². The van der Waals surface area contributed by atoms with E-state index in [1.165, 1.54) is 0 Å². The van der Waals surface area contributed by atoms with Gasteiger partial charge in [-0.15, -0.1) is 0 Å². The molecule has 2 aromatic carbocycles. The van der Waals surface area contributed by atoms with E-state index in [1.807, 2.05) is 62.4 Å². The van der Waals surface area contributed by atoms with Crippen molar-refractivity contribution in [3.8, 4) is 5.69 Å². The van der Waals surface area contributed by atoms with Gasteiger partial charge in [-0.05, 0) is 72.3 Å². The van der Waals surface area contributed by atoms with Crippen molar-refractivity contribution in [2.75, 3.05) is 11.4 Å². The quantitative estimate of drug-likeness (QED) is 0.402. The van der Waals surface area contributed by atoms with E-state index in [-0.39, 0.29) is 11.7 Å². The number of benzene rings is 2. The molecule has 6 heteroatoms. The van der Waals surface area contributed by atoms with Crippen LogP contribution in [0.25, 0.3) is 5.69 Å². The third-order valence-electron chi connectivity index (χ3n) is 5.02. The van der Waals surface area contributed by atoms with Gasteiger partial charge in [0.1, 0.15) is 11.4 Å². The molecule has 1 aromatic heterocycles. The van der Waals surface area contributed by atoms with Gasteiger partial charge in [0.05, 0.1) is 5.69 Å². The van der Waals surface area contributed by atoms with E-state index in [2.05, 4.69) is 27.7 Å². The molecule has 1 aliphatic rings. The van der Waals surface area contributed by atoms with E-state index >= 15 is 0 Å². The fourth-order valence-corrected chi connectivity index (χ4v) is 3.85. The summed E-state index contributed by atoms with van der Waals surface area (Å²) in [4.78, 5) is 27.7. The number of fused-ring (bicyclic) bond motifs is 1. The number of halogens is 1. The van der Waals surface area contributed by atoms with Gasteiger partial charge in [0, 0.05) is 27.8 Å². The first-order valence-corrected chi connectivity index (χ1v) is 10.4. The van der Waals surface area contributed by atoms with Crippen molar-refractivity contribution >= 4 is 40.0 Å². The fourth-order valence-electron chi connectivity index (χ4n) is 3.49. The van der Waals surface area contributed by atoms with Gasteiger partial charge in [-0.25, -0.2) is 4.68 Å². The Bertz CT molecular complexity index is 1050. The van der Waals surface area contributed by atoms with Crippen LogP contribution in [0.2, 0.25) is 0 Å². The van der Waals surface area contributed by atoms with Gasteiger partial charge in [-0.3, -0.25) is 9.59 Å². The fraction of sp³-hybridized carbons (Fsp3) is 0.227. The lowest BCUT2D eigenvalue weighted by Gasteiger charge is -2.27. The molecule has 0 unspecified atom stereocenters. The summed E-state index contributed by atoms with van der Waals surface area (Å²) in [5.74, 6) is -0.150. The monoisotopic (exact) mass is 485 g/mol. The number of carbonyl (C=O) groups is 2. The number of rotatable bonds is 4. The number of hydrogen-bond acceptors (Lipinski definition) is 3. The topological polar surface area (TPSA) is 55.2 Å². The van der Waals surface area contributed by atoms with Crippen molar-refractivity contribution in [3.63, 3.8) is 0 Å². The largest absolute Gasteiger partial charge is 0.307 e. The predicted octanol–water partition coefficient (Wildman–Crippen LogP) is 4.58.